The summed E-state index contributed by atoms with van der Waals surface area (Å²) in [7, 11) is 0. The molecule has 114 valence electrons. The summed E-state index contributed by atoms with van der Waals surface area (Å²) < 4.78 is 5.40. The monoisotopic (exact) mass is 289 g/mol. The number of ether oxygens (including phenoxy) is 1. The number of aliphatic hydroxyl groups excluding tert-OH is 1. The van der Waals surface area contributed by atoms with Gasteiger partial charge in [-0.05, 0) is 25.5 Å². The molecule has 1 rings (SSSR count). The summed E-state index contributed by atoms with van der Waals surface area (Å²) in [6.45, 7) is 5.52. The first-order valence-corrected chi connectivity index (χ1v) is 7.25. The van der Waals surface area contributed by atoms with Crippen molar-refractivity contribution in [3.63, 3.8) is 0 Å². The van der Waals surface area contributed by atoms with E-state index in [2.05, 4.69) is 24.1 Å². The number of rotatable bonds is 7. The van der Waals surface area contributed by atoms with Gasteiger partial charge < -0.3 is 15.2 Å². The molecule has 0 radical (unpaired) electrons. The van der Waals surface area contributed by atoms with Crippen LogP contribution in [-0.4, -0.2) is 37.4 Å². The summed E-state index contributed by atoms with van der Waals surface area (Å²) in [5, 5.41) is 11.6. The highest BCUT2D eigenvalue weighted by molar-refractivity contribution is 5.96. The number of carbonyl (C=O) groups excluding carboxylic acids is 1. The number of amides is 1. The predicted molar refractivity (Wildman–Crippen MR) is 83.2 cm³/mol. The summed E-state index contributed by atoms with van der Waals surface area (Å²) in [4.78, 5) is 12.2. The van der Waals surface area contributed by atoms with Crippen LogP contribution in [0.15, 0.2) is 18.2 Å². The van der Waals surface area contributed by atoms with Crippen molar-refractivity contribution in [2.45, 2.75) is 26.7 Å². The number of aliphatic hydroxyl groups is 1. The van der Waals surface area contributed by atoms with Crippen LogP contribution in [0.3, 0.4) is 0 Å². The molecule has 0 aliphatic rings. The van der Waals surface area contributed by atoms with E-state index in [1.165, 1.54) is 0 Å². The maximum atomic E-state index is 12.2. The van der Waals surface area contributed by atoms with Crippen molar-refractivity contribution in [2.24, 2.45) is 0 Å². The Morgan fingerprint density at radius 2 is 2.19 bits per heavy atom. The van der Waals surface area contributed by atoms with Gasteiger partial charge in [-0.3, -0.25) is 4.79 Å². The Hall–Kier alpha value is -1.83. The van der Waals surface area contributed by atoms with E-state index >= 15 is 0 Å². The highest BCUT2D eigenvalue weighted by Crippen LogP contribution is 2.10. The van der Waals surface area contributed by atoms with Crippen molar-refractivity contribution in [3.8, 4) is 11.8 Å². The third kappa shape index (κ3) is 6.44. The highest BCUT2D eigenvalue weighted by Gasteiger charge is 2.09. The quantitative estimate of drug-likeness (QED) is 0.595. The lowest BCUT2D eigenvalue weighted by Crippen LogP contribution is -2.28. The van der Waals surface area contributed by atoms with Crippen molar-refractivity contribution in [2.75, 3.05) is 26.4 Å². The second kappa shape index (κ2) is 9.98. The number of carbonyl (C=O) groups is 1. The molecule has 0 aliphatic heterocycles. The second-order valence-corrected chi connectivity index (χ2v) is 4.73. The molecule has 2 N–H and O–H groups in total. The summed E-state index contributed by atoms with van der Waals surface area (Å²) in [6.07, 6.45) is 2.13. The average Bonchev–Trinajstić information content (AvgIpc) is 2.49. The fraction of sp³-hybridized carbons (Fsp3) is 0.471. The zero-order valence-electron chi connectivity index (χ0n) is 12.7. The Kier molecular flexibility index (Phi) is 8.18. The number of hydrogen-bond acceptors (Lipinski definition) is 3. The molecule has 0 aliphatic carbocycles. The Balaban J connectivity index is 2.58. The molecule has 0 heterocycles. The molecule has 1 aromatic carbocycles. The highest BCUT2D eigenvalue weighted by atomic mass is 16.5. The van der Waals surface area contributed by atoms with Crippen LogP contribution >= 0.6 is 0 Å². The first-order valence-electron chi connectivity index (χ1n) is 7.25. The lowest BCUT2D eigenvalue weighted by atomic mass is 10.0. The van der Waals surface area contributed by atoms with Gasteiger partial charge in [0, 0.05) is 18.7 Å². The molecule has 0 bridgehead atoms. The summed E-state index contributed by atoms with van der Waals surface area (Å²) >= 11 is 0. The third-order valence-corrected chi connectivity index (χ3v) is 2.90. The van der Waals surface area contributed by atoms with E-state index in [0.717, 1.165) is 25.0 Å². The minimum absolute atomic E-state index is 0.167. The standard InChI is InChI=1S/C17H23NO3/c1-3-4-11-21-12-9-18-17(20)16-13-14(2)7-8-15(16)6-5-10-19/h7-8,13,19H,3-4,9-12H2,1-2H3,(H,18,20). The van der Waals surface area contributed by atoms with E-state index in [1.54, 1.807) is 12.1 Å². The number of unbranched alkanes of at least 4 members (excludes halogenated alkanes) is 1. The molecular formula is C17H23NO3. The Bertz CT molecular complexity index is 515. The Morgan fingerprint density at radius 3 is 2.90 bits per heavy atom. The average molecular weight is 289 g/mol. The van der Waals surface area contributed by atoms with E-state index in [0.29, 0.717) is 24.3 Å². The van der Waals surface area contributed by atoms with Crippen LogP contribution in [0, 0.1) is 18.8 Å². The lowest BCUT2D eigenvalue weighted by Gasteiger charge is -2.08. The van der Waals surface area contributed by atoms with Gasteiger partial charge in [0.05, 0.1) is 12.2 Å². The summed E-state index contributed by atoms with van der Waals surface area (Å²) in [5.41, 5.74) is 2.15. The molecule has 1 aromatic rings. The number of aryl methyl sites for hydroxylation is 1. The maximum absolute atomic E-state index is 12.2. The van der Waals surface area contributed by atoms with Crippen LogP contribution in [0.1, 0.15) is 41.3 Å². The number of hydrogen-bond donors (Lipinski definition) is 2. The first-order chi connectivity index (χ1) is 10.2. The van der Waals surface area contributed by atoms with Crippen LogP contribution in [-0.2, 0) is 4.74 Å². The van der Waals surface area contributed by atoms with Gasteiger partial charge in [-0.2, -0.15) is 0 Å². The fourth-order valence-corrected chi connectivity index (χ4v) is 1.77. The van der Waals surface area contributed by atoms with Gasteiger partial charge in [-0.15, -0.1) is 0 Å². The van der Waals surface area contributed by atoms with E-state index in [4.69, 9.17) is 9.84 Å². The minimum Gasteiger partial charge on any atom is -0.384 e. The van der Waals surface area contributed by atoms with Gasteiger partial charge in [-0.1, -0.05) is 36.8 Å². The van der Waals surface area contributed by atoms with E-state index < -0.39 is 0 Å². The molecule has 0 spiro atoms. The largest absolute Gasteiger partial charge is 0.384 e. The maximum Gasteiger partial charge on any atom is 0.252 e. The van der Waals surface area contributed by atoms with Gasteiger partial charge in [0.15, 0.2) is 0 Å². The van der Waals surface area contributed by atoms with Gasteiger partial charge in [0.1, 0.15) is 6.61 Å². The van der Waals surface area contributed by atoms with Crippen LogP contribution in [0.5, 0.6) is 0 Å². The van der Waals surface area contributed by atoms with Crippen LogP contribution < -0.4 is 5.32 Å². The first kappa shape index (κ1) is 17.2. The summed E-state index contributed by atoms with van der Waals surface area (Å²) in [6, 6.07) is 5.49. The molecular weight excluding hydrogens is 266 g/mol. The molecule has 0 saturated carbocycles. The van der Waals surface area contributed by atoms with Gasteiger partial charge in [0.25, 0.3) is 5.91 Å². The second-order valence-electron chi connectivity index (χ2n) is 4.73. The predicted octanol–water partition coefficient (Wildman–Crippen LogP) is 1.89. The topological polar surface area (TPSA) is 58.6 Å². The van der Waals surface area contributed by atoms with Gasteiger partial charge >= 0.3 is 0 Å². The van der Waals surface area contributed by atoms with Crippen molar-refractivity contribution >= 4 is 5.91 Å². The normalized spacial score (nSPS) is 9.86. The minimum atomic E-state index is -0.222. The molecule has 1 amide bonds. The Labute approximate surface area is 126 Å². The van der Waals surface area contributed by atoms with Crippen molar-refractivity contribution in [1.29, 1.82) is 0 Å². The van der Waals surface area contributed by atoms with Crippen LogP contribution in [0.25, 0.3) is 0 Å². The molecule has 0 fully saturated rings. The van der Waals surface area contributed by atoms with Crippen LogP contribution in [0.2, 0.25) is 0 Å². The zero-order chi connectivity index (χ0) is 15.5. The lowest BCUT2D eigenvalue weighted by molar-refractivity contribution is 0.0912. The molecule has 4 heteroatoms. The Morgan fingerprint density at radius 1 is 1.38 bits per heavy atom. The third-order valence-electron chi connectivity index (χ3n) is 2.90. The number of benzene rings is 1. The molecule has 0 saturated heterocycles. The SMILES string of the molecule is CCCCOCCNC(=O)c1cc(C)ccc1C#CCO. The van der Waals surface area contributed by atoms with E-state index in [9.17, 15) is 4.79 Å². The molecule has 0 atom stereocenters. The fourth-order valence-electron chi connectivity index (χ4n) is 1.77. The van der Waals surface area contributed by atoms with E-state index in [1.807, 2.05) is 13.0 Å². The zero-order valence-corrected chi connectivity index (χ0v) is 12.7. The molecule has 21 heavy (non-hydrogen) atoms. The van der Waals surface area contributed by atoms with E-state index in [-0.39, 0.29) is 12.5 Å². The number of nitrogens with one attached hydrogen (secondary N) is 1. The summed E-state index contributed by atoms with van der Waals surface area (Å²) in [5.74, 6) is 5.20. The molecule has 0 unspecified atom stereocenters. The van der Waals surface area contributed by atoms with Crippen molar-refractivity contribution in [3.05, 3.63) is 34.9 Å². The van der Waals surface area contributed by atoms with Gasteiger partial charge in [-0.25, -0.2) is 0 Å². The molecule has 0 aromatic heterocycles. The van der Waals surface area contributed by atoms with Gasteiger partial charge in [0.2, 0.25) is 0 Å². The molecule has 4 nitrogen and oxygen atoms in total. The van der Waals surface area contributed by atoms with Crippen LogP contribution in [0.4, 0.5) is 0 Å². The van der Waals surface area contributed by atoms with Crippen molar-refractivity contribution in [1.82, 2.24) is 5.32 Å². The van der Waals surface area contributed by atoms with Crippen molar-refractivity contribution < 1.29 is 14.6 Å². The smallest absolute Gasteiger partial charge is 0.252 e.